The minimum absolute atomic E-state index is 0.103. The Balaban J connectivity index is 1.92. The molecular formula is C17H24N2O3. The third-order valence-electron chi connectivity index (χ3n) is 4.12. The average Bonchev–Trinajstić information content (AvgIpc) is 3.31. The first kappa shape index (κ1) is 16.3. The van der Waals surface area contributed by atoms with E-state index in [-0.39, 0.29) is 18.6 Å². The topological polar surface area (TPSA) is 69.6 Å². The molecule has 1 aliphatic carbocycles. The largest absolute Gasteiger partial charge is 0.481 e. The van der Waals surface area contributed by atoms with Crippen molar-refractivity contribution in [2.75, 3.05) is 13.6 Å². The number of nitrogens with one attached hydrogen (secondary N) is 1. The second-order valence-electron chi connectivity index (χ2n) is 6.24. The third kappa shape index (κ3) is 4.23. The quantitative estimate of drug-likeness (QED) is 0.849. The normalized spacial score (nSPS) is 16.7. The second kappa shape index (κ2) is 6.81. The molecule has 1 aliphatic rings. The Labute approximate surface area is 131 Å². The summed E-state index contributed by atoms with van der Waals surface area (Å²) in [6.07, 6.45) is 2.50. The number of hydrogen-bond donors (Lipinski definition) is 2. The maximum absolute atomic E-state index is 12.1. The molecule has 1 saturated carbocycles. The summed E-state index contributed by atoms with van der Waals surface area (Å²) in [7, 11) is 1.61. The van der Waals surface area contributed by atoms with E-state index in [1.54, 1.807) is 14.0 Å². The lowest BCUT2D eigenvalue weighted by Crippen LogP contribution is -2.41. The van der Waals surface area contributed by atoms with Crippen LogP contribution in [0.4, 0.5) is 4.79 Å². The number of rotatable bonds is 6. The van der Waals surface area contributed by atoms with Crippen LogP contribution in [0.15, 0.2) is 24.3 Å². The molecule has 5 heteroatoms. The van der Waals surface area contributed by atoms with Crippen molar-refractivity contribution in [1.29, 1.82) is 0 Å². The van der Waals surface area contributed by atoms with Gasteiger partial charge in [0.05, 0.1) is 12.0 Å². The monoisotopic (exact) mass is 304 g/mol. The number of aliphatic carboxylic acids is 1. The van der Waals surface area contributed by atoms with Gasteiger partial charge in [-0.25, -0.2) is 4.79 Å². The van der Waals surface area contributed by atoms with E-state index in [0.29, 0.717) is 5.92 Å². The molecule has 120 valence electrons. The Morgan fingerprint density at radius 2 is 2.05 bits per heavy atom. The molecular weight excluding hydrogens is 280 g/mol. The van der Waals surface area contributed by atoms with Crippen LogP contribution < -0.4 is 5.32 Å². The van der Waals surface area contributed by atoms with Gasteiger partial charge in [-0.15, -0.1) is 0 Å². The first-order valence-corrected chi connectivity index (χ1v) is 7.72. The van der Waals surface area contributed by atoms with Crippen LogP contribution in [0.2, 0.25) is 0 Å². The van der Waals surface area contributed by atoms with Crippen molar-refractivity contribution in [3.63, 3.8) is 0 Å². The van der Waals surface area contributed by atoms with Gasteiger partial charge in [-0.1, -0.05) is 31.2 Å². The number of carboxylic acid groups (broad SMARTS) is 1. The number of amides is 2. The first-order chi connectivity index (χ1) is 10.4. The Bertz CT molecular complexity index is 555. The Hall–Kier alpha value is -2.04. The molecule has 0 bridgehead atoms. The number of carbonyl (C=O) groups is 2. The van der Waals surface area contributed by atoms with Crippen LogP contribution in [0, 0.1) is 5.92 Å². The highest BCUT2D eigenvalue weighted by Gasteiger charge is 2.24. The highest BCUT2D eigenvalue weighted by Crippen LogP contribution is 2.40. The van der Waals surface area contributed by atoms with Crippen LogP contribution >= 0.6 is 0 Å². The van der Waals surface area contributed by atoms with Gasteiger partial charge in [-0.05, 0) is 36.8 Å². The Morgan fingerprint density at radius 3 is 2.64 bits per heavy atom. The summed E-state index contributed by atoms with van der Waals surface area (Å²) >= 11 is 0. The van der Waals surface area contributed by atoms with E-state index in [9.17, 15) is 9.59 Å². The van der Waals surface area contributed by atoms with Gasteiger partial charge < -0.3 is 15.3 Å². The molecule has 0 spiro atoms. The Kier molecular flexibility index (Phi) is 5.06. The number of benzene rings is 1. The number of carboxylic acids is 1. The van der Waals surface area contributed by atoms with E-state index in [1.165, 1.54) is 23.3 Å². The summed E-state index contributed by atoms with van der Waals surface area (Å²) < 4.78 is 0. The lowest BCUT2D eigenvalue weighted by molar-refractivity contribution is -0.141. The van der Waals surface area contributed by atoms with Gasteiger partial charge in [0.15, 0.2) is 0 Å². The summed E-state index contributed by atoms with van der Waals surface area (Å²) in [6, 6.07) is 7.98. The highest BCUT2D eigenvalue weighted by atomic mass is 16.4. The summed E-state index contributed by atoms with van der Waals surface area (Å²) in [4.78, 5) is 24.4. The van der Waals surface area contributed by atoms with Crippen LogP contribution in [0.1, 0.15) is 49.8 Å². The van der Waals surface area contributed by atoms with Crippen molar-refractivity contribution < 1.29 is 14.7 Å². The lowest BCUT2D eigenvalue weighted by Gasteiger charge is -2.23. The minimum Gasteiger partial charge on any atom is -0.481 e. The van der Waals surface area contributed by atoms with E-state index >= 15 is 0 Å². The average molecular weight is 304 g/mol. The van der Waals surface area contributed by atoms with Crippen molar-refractivity contribution in [2.24, 2.45) is 5.92 Å². The van der Waals surface area contributed by atoms with E-state index in [4.69, 9.17) is 5.11 Å². The SMILES string of the molecule is CC(CN(C)C(=O)NC(C)c1cccc(C2CC2)c1)C(=O)O. The molecule has 0 aliphatic heterocycles. The molecule has 2 unspecified atom stereocenters. The van der Waals surface area contributed by atoms with Gasteiger partial charge in [0, 0.05) is 13.6 Å². The van der Waals surface area contributed by atoms with Crippen molar-refractivity contribution in [3.05, 3.63) is 35.4 Å². The predicted molar refractivity (Wildman–Crippen MR) is 84.8 cm³/mol. The molecule has 2 rings (SSSR count). The number of nitrogens with zero attached hydrogens (tertiary/aromatic N) is 1. The van der Waals surface area contributed by atoms with Crippen molar-refractivity contribution in [2.45, 2.75) is 38.6 Å². The fraction of sp³-hybridized carbons (Fsp3) is 0.529. The zero-order valence-corrected chi connectivity index (χ0v) is 13.4. The van der Waals surface area contributed by atoms with Crippen LogP contribution in [0.5, 0.6) is 0 Å². The van der Waals surface area contributed by atoms with Gasteiger partial charge in [0.2, 0.25) is 0 Å². The molecule has 22 heavy (non-hydrogen) atoms. The summed E-state index contributed by atoms with van der Waals surface area (Å²) in [5, 5.41) is 11.8. The molecule has 0 aromatic heterocycles. The molecule has 1 aromatic rings. The van der Waals surface area contributed by atoms with Gasteiger partial charge in [-0.2, -0.15) is 0 Å². The van der Waals surface area contributed by atoms with E-state index in [0.717, 1.165) is 5.56 Å². The summed E-state index contributed by atoms with van der Waals surface area (Å²) in [5.74, 6) is -0.795. The third-order valence-corrected chi connectivity index (χ3v) is 4.12. The van der Waals surface area contributed by atoms with E-state index in [2.05, 4.69) is 17.4 Å². The standard InChI is InChI=1S/C17H24N2O3/c1-11(16(20)21)10-19(3)17(22)18-12(2)14-5-4-6-15(9-14)13-7-8-13/h4-6,9,11-13H,7-8,10H2,1-3H3,(H,18,22)(H,20,21). The van der Waals surface area contributed by atoms with Gasteiger partial charge in [0.1, 0.15) is 0 Å². The maximum Gasteiger partial charge on any atom is 0.317 e. The molecule has 0 radical (unpaired) electrons. The zero-order valence-electron chi connectivity index (χ0n) is 13.4. The molecule has 2 atom stereocenters. The molecule has 1 fully saturated rings. The Morgan fingerprint density at radius 1 is 1.36 bits per heavy atom. The fourth-order valence-electron chi connectivity index (χ4n) is 2.45. The van der Waals surface area contributed by atoms with Crippen LogP contribution in [0.3, 0.4) is 0 Å². The summed E-state index contributed by atoms with van der Waals surface area (Å²) in [5.41, 5.74) is 2.42. The van der Waals surface area contributed by atoms with Gasteiger partial charge >= 0.3 is 12.0 Å². The van der Waals surface area contributed by atoms with Crippen molar-refractivity contribution in [3.8, 4) is 0 Å². The number of carbonyl (C=O) groups excluding carboxylic acids is 1. The second-order valence-corrected chi connectivity index (χ2v) is 6.24. The molecule has 0 saturated heterocycles. The maximum atomic E-state index is 12.1. The minimum atomic E-state index is -0.898. The van der Waals surface area contributed by atoms with E-state index < -0.39 is 11.9 Å². The highest BCUT2D eigenvalue weighted by molar-refractivity contribution is 5.76. The fourth-order valence-corrected chi connectivity index (χ4v) is 2.45. The van der Waals surface area contributed by atoms with Crippen LogP contribution in [0.25, 0.3) is 0 Å². The predicted octanol–water partition coefficient (Wildman–Crippen LogP) is 2.99. The zero-order chi connectivity index (χ0) is 16.3. The van der Waals surface area contributed by atoms with Gasteiger partial charge in [-0.3, -0.25) is 4.79 Å². The molecule has 1 aromatic carbocycles. The van der Waals surface area contributed by atoms with Crippen LogP contribution in [-0.4, -0.2) is 35.6 Å². The lowest BCUT2D eigenvalue weighted by atomic mass is 10.0. The van der Waals surface area contributed by atoms with E-state index in [1.807, 2.05) is 19.1 Å². The summed E-state index contributed by atoms with van der Waals surface area (Å²) in [6.45, 7) is 3.73. The van der Waals surface area contributed by atoms with Gasteiger partial charge in [0.25, 0.3) is 0 Å². The first-order valence-electron chi connectivity index (χ1n) is 7.72. The van der Waals surface area contributed by atoms with Crippen molar-refractivity contribution >= 4 is 12.0 Å². The smallest absolute Gasteiger partial charge is 0.317 e. The van der Waals surface area contributed by atoms with Crippen LogP contribution in [-0.2, 0) is 4.79 Å². The van der Waals surface area contributed by atoms with Crippen molar-refractivity contribution in [1.82, 2.24) is 10.2 Å². The molecule has 2 amide bonds. The number of urea groups is 1. The number of hydrogen-bond acceptors (Lipinski definition) is 2. The molecule has 5 nitrogen and oxygen atoms in total. The molecule has 0 heterocycles. The molecule has 2 N–H and O–H groups in total.